The zero-order valence-corrected chi connectivity index (χ0v) is 6.00. The molecule has 0 unspecified atom stereocenters. The summed E-state index contributed by atoms with van der Waals surface area (Å²) < 4.78 is 0. The topological polar surface area (TPSA) is 12.4 Å². The Kier molecular flexibility index (Phi) is 2.40. The third-order valence-electron chi connectivity index (χ3n) is 1.16. The number of hydrogen-bond donors (Lipinski definition) is 0. The highest BCUT2D eigenvalue weighted by Crippen LogP contribution is 2.13. The standard InChI is InChI=1S/C6H11NS/c1-2-6-7-4-3-5-8-6/h2-5H2,1H3. The van der Waals surface area contributed by atoms with Crippen LogP contribution >= 0.6 is 11.8 Å². The quantitative estimate of drug-likeness (QED) is 0.527. The first kappa shape index (κ1) is 6.14. The van der Waals surface area contributed by atoms with Crippen molar-refractivity contribution in [3.05, 3.63) is 0 Å². The number of nitrogens with zero attached hydrogens (tertiary/aromatic N) is 1. The molecular weight excluding hydrogens is 118 g/mol. The fourth-order valence-corrected chi connectivity index (χ4v) is 1.61. The van der Waals surface area contributed by atoms with Crippen LogP contribution in [0.5, 0.6) is 0 Å². The molecule has 0 radical (unpaired) electrons. The van der Waals surface area contributed by atoms with Crippen LogP contribution in [-0.2, 0) is 0 Å². The van der Waals surface area contributed by atoms with Crippen molar-refractivity contribution in [3.8, 4) is 0 Å². The van der Waals surface area contributed by atoms with Gasteiger partial charge in [0, 0.05) is 12.3 Å². The summed E-state index contributed by atoms with van der Waals surface area (Å²) in [6, 6.07) is 0. The van der Waals surface area contributed by atoms with E-state index in [1.165, 1.54) is 17.2 Å². The molecule has 1 heterocycles. The fraction of sp³-hybridized carbons (Fsp3) is 0.833. The fourth-order valence-electron chi connectivity index (χ4n) is 0.718. The van der Waals surface area contributed by atoms with Crippen molar-refractivity contribution in [1.29, 1.82) is 0 Å². The lowest BCUT2D eigenvalue weighted by Gasteiger charge is -2.07. The van der Waals surface area contributed by atoms with Gasteiger partial charge in [0.25, 0.3) is 0 Å². The Balaban J connectivity index is 2.37. The van der Waals surface area contributed by atoms with E-state index in [9.17, 15) is 0 Å². The maximum Gasteiger partial charge on any atom is 0.0673 e. The van der Waals surface area contributed by atoms with E-state index >= 15 is 0 Å². The predicted octanol–water partition coefficient (Wildman–Crippen LogP) is 1.93. The molecule has 0 atom stereocenters. The molecule has 0 bridgehead atoms. The lowest BCUT2D eigenvalue weighted by Crippen LogP contribution is -2.01. The van der Waals surface area contributed by atoms with E-state index in [2.05, 4.69) is 11.9 Å². The molecule has 1 nitrogen and oxygen atoms in total. The Hall–Kier alpha value is 0.0200. The van der Waals surface area contributed by atoms with Gasteiger partial charge in [-0.05, 0) is 12.8 Å². The van der Waals surface area contributed by atoms with Gasteiger partial charge in [-0.2, -0.15) is 0 Å². The van der Waals surface area contributed by atoms with Gasteiger partial charge in [0.2, 0.25) is 0 Å². The third kappa shape index (κ3) is 1.51. The molecule has 46 valence electrons. The number of thioether (sulfide) groups is 1. The van der Waals surface area contributed by atoms with E-state index in [1.54, 1.807) is 0 Å². The molecule has 0 aromatic heterocycles. The molecule has 2 heteroatoms. The molecule has 0 spiro atoms. The minimum absolute atomic E-state index is 1.07. The van der Waals surface area contributed by atoms with Crippen molar-refractivity contribution in [2.75, 3.05) is 12.3 Å². The molecule has 0 fully saturated rings. The lowest BCUT2D eigenvalue weighted by molar-refractivity contribution is 0.932. The first-order valence-electron chi connectivity index (χ1n) is 3.09. The molecule has 0 saturated heterocycles. The van der Waals surface area contributed by atoms with E-state index in [0.717, 1.165) is 13.0 Å². The first-order chi connectivity index (χ1) is 3.93. The highest BCUT2D eigenvalue weighted by molar-refractivity contribution is 8.13. The van der Waals surface area contributed by atoms with Gasteiger partial charge in [-0.25, -0.2) is 0 Å². The Morgan fingerprint density at radius 1 is 1.75 bits per heavy atom. The molecule has 0 amide bonds. The van der Waals surface area contributed by atoms with Crippen LogP contribution in [0.15, 0.2) is 4.99 Å². The molecule has 0 saturated carbocycles. The molecule has 1 aliphatic rings. The number of aliphatic imine (C=N–C) groups is 1. The van der Waals surface area contributed by atoms with Crippen LogP contribution in [0.25, 0.3) is 0 Å². The second-order valence-corrected chi connectivity index (χ2v) is 3.00. The Morgan fingerprint density at radius 2 is 2.62 bits per heavy atom. The van der Waals surface area contributed by atoms with Crippen LogP contribution in [0.4, 0.5) is 0 Å². The van der Waals surface area contributed by atoms with E-state index in [0.29, 0.717) is 0 Å². The van der Waals surface area contributed by atoms with Crippen LogP contribution < -0.4 is 0 Å². The first-order valence-corrected chi connectivity index (χ1v) is 4.08. The Labute approximate surface area is 54.6 Å². The summed E-state index contributed by atoms with van der Waals surface area (Å²) in [5, 5.41) is 1.34. The van der Waals surface area contributed by atoms with Gasteiger partial charge in [0.15, 0.2) is 0 Å². The van der Waals surface area contributed by atoms with E-state index < -0.39 is 0 Å². The molecule has 1 rings (SSSR count). The van der Waals surface area contributed by atoms with Gasteiger partial charge in [-0.1, -0.05) is 6.92 Å². The van der Waals surface area contributed by atoms with Crippen molar-refractivity contribution in [2.45, 2.75) is 19.8 Å². The average molecular weight is 129 g/mol. The van der Waals surface area contributed by atoms with Gasteiger partial charge in [0.1, 0.15) is 0 Å². The van der Waals surface area contributed by atoms with Gasteiger partial charge < -0.3 is 0 Å². The highest BCUT2D eigenvalue weighted by Gasteiger charge is 2.00. The SMILES string of the molecule is CCC1=NCCCS1. The third-order valence-corrected chi connectivity index (χ3v) is 2.41. The van der Waals surface area contributed by atoms with Crippen molar-refractivity contribution in [2.24, 2.45) is 4.99 Å². The van der Waals surface area contributed by atoms with Gasteiger partial charge in [-0.15, -0.1) is 11.8 Å². The average Bonchev–Trinajstić information content (AvgIpc) is 1.90. The zero-order valence-electron chi connectivity index (χ0n) is 5.18. The van der Waals surface area contributed by atoms with Gasteiger partial charge in [0.05, 0.1) is 5.04 Å². The molecular formula is C6H11NS. The molecule has 0 aromatic rings. The maximum atomic E-state index is 4.33. The molecule has 0 aromatic carbocycles. The summed E-state index contributed by atoms with van der Waals surface area (Å²) >= 11 is 1.91. The minimum Gasteiger partial charge on any atom is -0.283 e. The smallest absolute Gasteiger partial charge is 0.0673 e. The monoisotopic (exact) mass is 129 g/mol. The second-order valence-electron chi connectivity index (χ2n) is 1.83. The van der Waals surface area contributed by atoms with E-state index in [-0.39, 0.29) is 0 Å². The number of hydrogen-bond acceptors (Lipinski definition) is 2. The summed E-state index contributed by atoms with van der Waals surface area (Å²) in [7, 11) is 0. The minimum atomic E-state index is 1.07. The van der Waals surface area contributed by atoms with Crippen LogP contribution in [0.3, 0.4) is 0 Å². The molecule has 8 heavy (non-hydrogen) atoms. The van der Waals surface area contributed by atoms with Gasteiger partial charge >= 0.3 is 0 Å². The van der Waals surface area contributed by atoms with Crippen LogP contribution in [0, 0.1) is 0 Å². The van der Waals surface area contributed by atoms with Crippen molar-refractivity contribution in [1.82, 2.24) is 0 Å². The summed E-state index contributed by atoms with van der Waals surface area (Å²) in [4.78, 5) is 4.33. The van der Waals surface area contributed by atoms with Gasteiger partial charge in [-0.3, -0.25) is 4.99 Å². The maximum absolute atomic E-state index is 4.33. The summed E-state index contributed by atoms with van der Waals surface area (Å²) in [5.41, 5.74) is 0. The van der Waals surface area contributed by atoms with E-state index in [1.807, 2.05) is 11.8 Å². The highest BCUT2D eigenvalue weighted by atomic mass is 32.2. The summed E-state index contributed by atoms with van der Waals surface area (Å²) in [6.07, 6.45) is 2.40. The molecule has 0 N–H and O–H groups in total. The zero-order chi connectivity index (χ0) is 5.82. The van der Waals surface area contributed by atoms with Crippen molar-refractivity contribution < 1.29 is 0 Å². The predicted molar refractivity (Wildman–Crippen MR) is 39.7 cm³/mol. The largest absolute Gasteiger partial charge is 0.283 e. The molecule has 0 aliphatic carbocycles. The molecule has 1 aliphatic heterocycles. The van der Waals surface area contributed by atoms with E-state index in [4.69, 9.17) is 0 Å². The summed E-state index contributed by atoms with van der Waals surface area (Å²) in [6.45, 7) is 3.23. The summed E-state index contributed by atoms with van der Waals surface area (Å²) in [5.74, 6) is 1.28. The van der Waals surface area contributed by atoms with Crippen molar-refractivity contribution in [3.63, 3.8) is 0 Å². The van der Waals surface area contributed by atoms with Crippen molar-refractivity contribution >= 4 is 16.8 Å². The van der Waals surface area contributed by atoms with Crippen LogP contribution in [-0.4, -0.2) is 17.3 Å². The Bertz CT molecular complexity index is 98.7. The normalized spacial score (nSPS) is 20.4. The lowest BCUT2D eigenvalue weighted by atomic mass is 10.4. The van der Waals surface area contributed by atoms with Crippen LogP contribution in [0.1, 0.15) is 19.8 Å². The second kappa shape index (κ2) is 3.13. The Morgan fingerprint density at radius 3 is 3.00 bits per heavy atom. The number of rotatable bonds is 1. The van der Waals surface area contributed by atoms with Crippen LogP contribution in [0.2, 0.25) is 0 Å².